The van der Waals surface area contributed by atoms with Gasteiger partial charge in [0.05, 0.1) is 4.92 Å². The number of rotatable bonds is 5. The lowest BCUT2D eigenvalue weighted by molar-refractivity contribution is -0.384. The zero-order valence-electron chi connectivity index (χ0n) is 10.8. The molecule has 100 valence electrons. The fraction of sp³-hybridized carbons (Fsp3) is 0.727. The molecule has 7 nitrogen and oxygen atoms in total. The molecular formula is C11H19N5O2. The monoisotopic (exact) mass is 253 g/mol. The summed E-state index contributed by atoms with van der Waals surface area (Å²) < 4.78 is 1.46. The first kappa shape index (κ1) is 12.8. The van der Waals surface area contributed by atoms with Crippen molar-refractivity contribution in [3.05, 3.63) is 16.3 Å². The number of aromatic nitrogens is 2. The Bertz CT molecular complexity index is 425. The summed E-state index contributed by atoms with van der Waals surface area (Å²) in [5, 5.41) is 18.0. The average molecular weight is 253 g/mol. The fourth-order valence-electron chi connectivity index (χ4n) is 2.29. The van der Waals surface area contributed by atoms with Crippen molar-refractivity contribution < 1.29 is 4.92 Å². The zero-order chi connectivity index (χ0) is 13.1. The van der Waals surface area contributed by atoms with Gasteiger partial charge >= 0.3 is 5.69 Å². The number of nitro groups is 1. The fourth-order valence-corrected chi connectivity index (χ4v) is 2.29. The maximum absolute atomic E-state index is 10.8. The van der Waals surface area contributed by atoms with Crippen molar-refractivity contribution in [2.45, 2.75) is 25.8 Å². The predicted octanol–water partition coefficient (Wildman–Crippen LogP) is 1.22. The van der Waals surface area contributed by atoms with E-state index in [0.29, 0.717) is 18.4 Å². The molecule has 7 heteroatoms. The van der Waals surface area contributed by atoms with Gasteiger partial charge in [-0.05, 0) is 32.9 Å². The van der Waals surface area contributed by atoms with Crippen LogP contribution in [0.4, 0.5) is 11.5 Å². The number of anilines is 1. The van der Waals surface area contributed by atoms with Gasteiger partial charge in [-0.1, -0.05) is 0 Å². The van der Waals surface area contributed by atoms with Gasteiger partial charge in [0.25, 0.3) is 0 Å². The molecule has 0 spiro atoms. The first-order valence-corrected chi connectivity index (χ1v) is 6.24. The van der Waals surface area contributed by atoms with Crippen molar-refractivity contribution in [3.63, 3.8) is 0 Å². The Labute approximate surface area is 106 Å². The van der Waals surface area contributed by atoms with Crippen LogP contribution in [0.1, 0.15) is 19.8 Å². The lowest BCUT2D eigenvalue weighted by Gasteiger charge is -2.23. The molecule has 1 aliphatic heterocycles. The van der Waals surface area contributed by atoms with Crippen LogP contribution in [0, 0.1) is 10.1 Å². The summed E-state index contributed by atoms with van der Waals surface area (Å²) in [5.74, 6) is 0.355. The molecule has 1 unspecified atom stereocenters. The number of nitrogens with one attached hydrogen (secondary N) is 1. The number of aryl methyl sites for hydroxylation is 1. The first-order chi connectivity index (χ1) is 8.58. The van der Waals surface area contributed by atoms with E-state index in [0.717, 1.165) is 13.1 Å². The molecular weight excluding hydrogens is 234 g/mol. The second kappa shape index (κ2) is 5.34. The second-order valence-corrected chi connectivity index (χ2v) is 4.77. The van der Waals surface area contributed by atoms with Crippen LogP contribution in [0.5, 0.6) is 0 Å². The second-order valence-electron chi connectivity index (χ2n) is 4.77. The SMILES string of the molecule is CC(CNc1nn(C)cc1[N+](=O)[O-])N1CCCC1. The number of hydrogen-bond donors (Lipinski definition) is 1. The van der Waals surface area contributed by atoms with Gasteiger partial charge in [-0.2, -0.15) is 0 Å². The Kier molecular flexibility index (Phi) is 3.81. The number of nitrogens with zero attached hydrogens (tertiary/aromatic N) is 4. The van der Waals surface area contributed by atoms with Gasteiger partial charge in [0, 0.05) is 19.6 Å². The lowest BCUT2D eigenvalue weighted by Crippen LogP contribution is -2.35. The molecule has 2 rings (SSSR count). The van der Waals surface area contributed by atoms with Crippen LogP contribution in [-0.2, 0) is 7.05 Å². The maximum atomic E-state index is 10.8. The van der Waals surface area contributed by atoms with Gasteiger partial charge < -0.3 is 5.32 Å². The van der Waals surface area contributed by atoms with Crippen LogP contribution < -0.4 is 5.32 Å². The van der Waals surface area contributed by atoms with Crippen LogP contribution in [0.3, 0.4) is 0 Å². The smallest absolute Gasteiger partial charge is 0.330 e. The third-order valence-electron chi connectivity index (χ3n) is 3.34. The van der Waals surface area contributed by atoms with Gasteiger partial charge in [-0.15, -0.1) is 5.10 Å². The van der Waals surface area contributed by atoms with Crippen molar-refractivity contribution in [2.75, 3.05) is 25.0 Å². The first-order valence-electron chi connectivity index (χ1n) is 6.24. The minimum Gasteiger partial charge on any atom is -0.361 e. The topological polar surface area (TPSA) is 76.2 Å². The molecule has 2 heterocycles. The highest BCUT2D eigenvalue weighted by Crippen LogP contribution is 2.21. The summed E-state index contributed by atoms with van der Waals surface area (Å²) in [6.45, 7) is 5.05. The molecule has 1 aliphatic rings. The van der Waals surface area contributed by atoms with E-state index in [2.05, 4.69) is 22.2 Å². The zero-order valence-corrected chi connectivity index (χ0v) is 10.8. The van der Waals surface area contributed by atoms with Crippen molar-refractivity contribution in [2.24, 2.45) is 7.05 Å². The van der Waals surface area contributed by atoms with Gasteiger partial charge in [-0.25, -0.2) is 0 Å². The summed E-state index contributed by atoms with van der Waals surface area (Å²) in [7, 11) is 1.68. The molecule has 1 fully saturated rings. The van der Waals surface area contributed by atoms with E-state index >= 15 is 0 Å². The van der Waals surface area contributed by atoms with Crippen LogP contribution in [0.2, 0.25) is 0 Å². The summed E-state index contributed by atoms with van der Waals surface area (Å²) in [5.41, 5.74) is 0.0334. The van der Waals surface area contributed by atoms with Gasteiger partial charge in [0.1, 0.15) is 6.20 Å². The van der Waals surface area contributed by atoms with E-state index in [4.69, 9.17) is 0 Å². The Morgan fingerprint density at radius 1 is 1.56 bits per heavy atom. The normalized spacial score (nSPS) is 17.9. The molecule has 0 aliphatic carbocycles. The van der Waals surface area contributed by atoms with Crippen molar-refractivity contribution in [3.8, 4) is 0 Å². The summed E-state index contributed by atoms with van der Waals surface area (Å²) in [6, 6.07) is 0.370. The number of hydrogen-bond acceptors (Lipinski definition) is 5. The molecule has 0 saturated carbocycles. The van der Waals surface area contributed by atoms with Crippen LogP contribution >= 0.6 is 0 Å². The average Bonchev–Trinajstić information content (AvgIpc) is 2.94. The highest BCUT2D eigenvalue weighted by Gasteiger charge is 2.21. The minimum atomic E-state index is -0.407. The third kappa shape index (κ3) is 2.79. The van der Waals surface area contributed by atoms with Gasteiger partial charge in [0.2, 0.25) is 5.82 Å². The summed E-state index contributed by atoms with van der Waals surface area (Å²) >= 11 is 0. The van der Waals surface area contributed by atoms with E-state index in [9.17, 15) is 10.1 Å². The van der Waals surface area contributed by atoms with Crippen molar-refractivity contribution in [1.29, 1.82) is 0 Å². The largest absolute Gasteiger partial charge is 0.361 e. The maximum Gasteiger partial charge on any atom is 0.330 e. The van der Waals surface area contributed by atoms with E-state index < -0.39 is 4.92 Å². The standard InChI is InChI=1S/C11H19N5O2/c1-9(15-5-3-4-6-15)7-12-11-10(16(17)18)8-14(2)13-11/h8-9H,3-7H2,1-2H3,(H,12,13). The number of likely N-dealkylation sites (tertiary alicyclic amines) is 1. The molecule has 0 amide bonds. The molecule has 1 atom stereocenters. The highest BCUT2D eigenvalue weighted by atomic mass is 16.6. The summed E-state index contributed by atoms with van der Waals surface area (Å²) in [6.07, 6.45) is 3.91. The van der Waals surface area contributed by atoms with Gasteiger partial charge in [-0.3, -0.25) is 19.7 Å². The quantitative estimate of drug-likeness (QED) is 0.630. The van der Waals surface area contributed by atoms with E-state index in [1.165, 1.54) is 23.7 Å². The molecule has 0 radical (unpaired) electrons. The molecule has 0 bridgehead atoms. The molecule has 1 N–H and O–H groups in total. The molecule has 1 aromatic rings. The molecule has 0 aromatic carbocycles. The predicted molar refractivity (Wildman–Crippen MR) is 68.6 cm³/mol. The third-order valence-corrected chi connectivity index (χ3v) is 3.34. The van der Waals surface area contributed by atoms with Crippen molar-refractivity contribution >= 4 is 11.5 Å². The van der Waals surface area contributed by atoms with Crippen molar-refractivity contribution in [1.82, 2.24) is 14.7 Å². The van der Waals surface area contributed by atoms with E-state index in [1.54, 1.807) is 7.05 Å². The minimum absolute atomic E-state index is 0.0334. The van der Waals surface area contributed by atoms with E-state index in [-0.39, 0.29) is 5.69 Å². The van der Waals surface area contributed by atoms with Crippen LogP contribution in [0.25, 0.3) is 0 Å². The van der Waals surface area contributed by atoms with Gasteiger partial charge in [0.15, 0.2) is 0 Å². The molecule has 18 heavy (non-hydrogen) atoms. The van der Waals surface area contributed by atoms with E-state index in [1.807, 2.05) is 0 Å². The Hall–Kier alpha value is -1.63. The summed E-state index contributed by atoms with van der Waals surface area (Å²) in [4.78, 5) is 12.8. The molecule has 1 aromatic heterocycles. The Morgan fingerprint density at radius 3 is 2.83 bits per heavy atom. The van der Waals surface area contributed by atoms with Crippen LogP contribution in [-0.4, -0.2) is 45.3 Å². The van der Waals surface area contributed by atoms with Crippen LogP contribution in [0.15, 0.2) is 6.20 Å². The Morgan fingerprint density at radius 2 is 2.22 bits per heavy atom. The molecule has 1 saturated heterocycles. The highest BCUT2D eigenvalue weighted by molar-refractivity contribution is 5.54. The lowest BCUT2D eigenvalue weighted by atomic mass is 10.3. The Balaban J connectivity index is 1.94.